The van der Waals surface area contributed by atoms with Crippen molar-refractivity contribution in [3.05, 3.63) is 30.1 Å². The average molecular weight is 375 g/mol. The lowest BCUT2D eigenvalue weighted by atomic mass is 9.91. The molecule has 5 heteroatoms. The summed E-state index contributed by atoms with van der Waals surface area (Å²) in [6.45, 7) is 12.2. The van der Waals surface area contributed by atoms with Gasteiger partial charge in [-0.15, -0.1) is 0 Å². The van der Waals surface area contributed by atoms with E-state index in [0.29, 0.717) is 5.82 Å². The van der Waals surface area contributed by atoms with Crippen molar-refractivity contribution in [1.29, 1.82) is 0 Å². The molecular formula is C22H38N4O. The number of aryl methyl sites for hydroxylation is 1. The molecule has 152 valence electrons. The smallest absolute Gasteiger partial charge is 0.134 e. The van der Waals surface area contributed by atoms with E-state index in [4.69, 9.17) is 10.5 Å². The zero-order valence-corrected chi connectivity index (χ0v) is 17.6. The molecule has 0 spiro atoms. The summed E-state index contributed by atoms with van der Waals surface area (Å²) in [6, 6.07) is 5.95. The molecule has 2 aliphatic rings. The highest BCUT2D eigenvalue weighted by Gasteiger charge is 2.06. The van der Waals surface area contributed by atoms with Gasteiger partial charge in [-0.25, -0.2) is 9.97 Å². The van der Waals surface area contributed by atoms with Crippen LogP contribution in [0.4, 0.5) is 5.82 Å². The summed E-state index contributed by atoms with van der Waals surface area (Å²) in [7, 11) is 0. The zero-order valence-electron chi connectivity index (χ0n) is 17.6. The summed E-state index contributed by atoms with van der Waals surface area (Å²) in [5.41, 5.74) is 7.74. The molecule has 5 nitrogen and oxygen atoms in total. The maximum Gasteiger partial charge on any atom is 0.134 e. The van der Waals surface area contributed by atoms with Gasteiger partial charge >= 0.3 is 0 Å². The third-order valence-electron chi connectivity index (χ3n) is 4.56. The molecule has 0 radical (unpaired) electrons. The van der Waals surface area contributed by atoms with Crippen LogP contribution in [-0.2, 0) is 4.74 Å². The Labute approximate surface area is 165 Å². The molecule has 0 amide bonds. The summed E-state index contributed by atoms with van der Waals surface area (Å²) in [5, 5.41) is 4.09. The number of nitrogen functional groups attached to an aromatic ring is 1. The molecule has 1 saturated heterocycles. The lowest BCUT2D eigenvalue weighted by molar-refractivity contribution is 0.109. The van der Waals surface area contributed by atoms with Crippen molar-refractivity contribution < 1.29 is 4.74 Å². The van der Waals surface area contributed by atoms with Crippen LogP contribution >= 0.6 is 0 Å². The number of rotatable bonds is 0. The average Bonchev–Trinajstić information content (AvgIpc) is 2.73. The van der Waals surface area contributed by atoms with E-state index < -0.39 is 0 Å². The Bertz CT molecular complexity index is 611. The second-order valence-electron chi connectivity index (χ2n) is 6.89. The number of anilines is 1. The van der Waals surface area contributed by atoms with Crippen molar-refractivity contribution in [2.75, 3.05) is 32.0 Å². The van der Waals surface area contributed by atoms with Gasteiger partial charge in [-0.05, 0) is 25.0 Å². The minimum absolute atomic E-state index is 0.545. The van der Waals surface area contributed by atoms with E-state index in [0.717, 1.165) is 43.1 Å². The van der Waals surface area contributed by atoms with Gasteiger partial charge in [-0.1, -0.05) is 64.5 Å². The van der Waals surface area contributed by atoms with Gasteiger partial charge < -0.3 is 15.8 Å². The van der Waals surface area contributed by atoms with Crippen molar-refractivity contribution >= 4 is 16.7 Å². The number of hydrogen-bond acceptors (Lipinski definition) is 5. The molecule has 1 aliphatic carbocycles. The molecule has 27 heavy (non-hydrogen) atoms. The molecule has 2 aromatic rings. The Morgan fingerprint density at radius 2 is 1.70 bits per heavy atom. The third kappa shape index (κ3) is 9.68. The monoisotopic (exact) mass is 374 g/mol. The first-order valence-electron chi connectivity index (χ1n) is 10.4. The molecule has 1 aliphatic heterocycles. The molecule has 1 aromatic heterocycles. The minimum atomic E-state index is 0.545. The highest BCUT2D eigenvalue weighted by molar-refractivity contribution is 5.88. The Morgan fingerprint density at radius 1 is 1.04 bits per heavy atom. The second kappa shape index (κ2) is 14.4. The number of aromatic nitrogens is 2. The number of fused-ring (bicyclic) bond motifs is 1. The first-order valence-corrected chi connectivity index (χ1v) is 10.4. The normalized spacial score (nSPS) is 16.7. The first kappa shape index (κ1) is 23.3. The maximum absolute atomic E-state index is 5.67. The SMILES string of the molecule is C1COCCN1.CC.CC1CCCCC1.Cc1ccc2ncnc(N)c2c1. The number of morpholine rings is 1. The largest absolute Gasteiger partial charge is 0.383 e. The molecule has 0 bridgehead atoms. The van der Waals surface area contributed by atoms with Gasteiger partial charge in [0.25, 0.3) is 0 Å². The molecule has 1 aromatic carbocycles. The summed E-state index contributed by atoms with van der Waals surface area (Å²) < 4.78 is 5.01. The summed E-state index contributed by atoms with van der Waals surface area (Å²) in [6.07, 6.45) is 8.92. The number of benzene rings is 1. The van der Waals surface area contributed by atoms with Gasteiger partial charge in [0.1, 0.15) is 12.1 Å². The Balaban J connectivity index is 0.000000208. The summed E-state index contributed by atoms with van der Waals surface area (Å²) in [4.78, 5) is 8.01. The molecule has 4 rings (SSSR count). The summed E-state index contributed by atoms with van der Waals surface area (Å²) in [5.74, 6) is 1.58. The predicted octanol–water partition coefficient (Wildman–Crippen LogP) is 4.74. The van der Waals surface area contributed by atoms with Gasteiger partial charge in [0, 0.05) is 18.5 Å². The van der Waals surface area contributed by atoms with Crippen molar-refractivity contribution in [1.82, 2.24) is 15.3 Å². The van der Waals surface area contributed by atoms with E-state index in [1.165, 1.54) is 44.0 Å². The predicted molar refractivity (Wildman–Crippen MR) is 116 cm³/mol. The van der Waals surface area contributed by atoms with E-state index in [2.05, 4.69) is 22.2 Å². The minimum Gasteiger partial charge on any atom is -0.383 e. The quantitative estimate of drug-likeness (QED) is 0.697. The number of ether oxygens (including phenoxy) is 1. The van der Waals surface area contributed by atoms with E-state index in [1.54, 1.807) is 0 Å². The van der Waals surface area contributed by atoms with Gasteiger partial charge in [0.05, 0.1) is 18.7 Å². The number of nitrogens with zero attached hydrogens (tertiary/aromatic N) is 2. The van der Waals surface area contributed by atoms with Crippen LogP contribution < -0.4 is 11.1 Å². The van der Waals surface area contributed by atoms with E-state index >= 15 is 0 Å². The zero-order chi connectivity index (χ0) is 19.9. The maximum atomic E-state index is 5.67. The van der Waals surface area contributed by atoms with Crippen LogP contribution in [0.2, 0.25) is 0 Å². The third-order valence-corrected chi connectivity index (χ3v) is 4.56. The van der Waals surface area contributed by atoms with Crippen LogP contribution in [0, 0.1) is 12.8 Å². The van der Waals surface area contributed by atoms with Crippen molar-refractivity contribution in [3.63, 3.8) is 0 Å². The molecule has 2 heterocycles. The fourth-order valence-electron chi connectivity index (χ4n) is 3.01. The molecule has 0 atom stereocenters. The highest BCUT2D eigenvalue weighted by atomic mass is 16.5. The van der Waals surface area contributed by atoms with Crippen LogP contribution in [0.5, 0.6) is 0 Å². The van der Waals surface area contributed by atoms with E-state index in [-0.39, 0.29) is 0 Å². The Kier molecular flexibility index (Phi) is 12.4. The van der Waals surface area contributed by atoms with Crippen molar-refractivity contribution in [2.45, 2.75) is 59.8 Å². The van der Waals surface area contributed by atoms with E-state index in [9.17, 15) is 0 Å². The van der Waals surface area contributed by atoms with Gasteiger partial charge in [-0.3, -0.25) is 0 Å². The van der Waals surface area contributed by atoms with Crippen LogP contribution in [0.15, 0.2) is 24.5 Å². The van der Waals surface area contributed by atoms with Crippen LogP contribution in [-0.4, -0.2) is 36.3 Å². The van der Waals surface area contributed by atoms with Crippen LogP contribution in [0.3, 0.4) is 0 Å². The van der Waals surface area contributed by atoms with Crippen LogP contribution in [0.1, 0.15) is 58.4 Å². The Hall–Kier alpha value is -1.72. The Morgan fingerprint density at radius 3 is 2.19 bits per heavy atom. The fourth-order valence-corrected chi connectivity index (χ4v) is 3.01. The second-order valence-corrected chi connectivity index (χ2v) is 6.89. The van der Waals surface area contributed by atoms with Crippen LogP contribution in [0.25, 0.3) is 10.9 Å². The lowest BCUT2D eigenvalue weighted by Crippen LogP contribution is -2.30. The van der Waals surface area contributed by atoms with Crippen molar-refractivity contribution in [3.8, 4) is 0 Å². The van der Waals surface area contributed by atoms with Gasteiger partial charge in [0.2, 0.25) is 0 Å². The molecule has 1 saturated carbocycles. The number of nitrogens with two attached hydrogens (primary N) is 1. The van der Waals surface area contributed by atoms with Gasteiger partial charge in [-0.2, -0.15) is 0 Å². The lowest BCUT2D eigenvalue weighted by Gasteiger charge is -2.15. The van der Waals surface area contributed by atoms with Crippen molar-refractivity contribution in [2.24, 2.45) is 5.92 Å². The fraction of sp³-hybridized carbons (Fsp3) is 0.636. The number of nitrogens with one attached hydrogen (secondary N) is 1. The topological polar surface area (TPSA) is 73.1 Å². The molecule has 0 unspecified atom stereocenters. The number of hydrogen-bond donors (Lipinski definition) is 2. The summed E-state index contributed by atoms with van der Waals surface area (Å²) >= 11 is 0. The van der Waals surface area contributed by atoms with Gasteiger partial charge in [0.15, 0.2) is 0 Å². The molecule has 3 N–H and O–H groups in total. The van der Waals surface area contributed by atoms with E-state index in [1.807, 2.05) is 39.0 Å². The molecule has 2 fully saturated rings. The highest BCUT2D eigenvalue weighted by Crippen LogP contribution is 2.22. The standard InChI is InChI=1S/C9H9N3.C7H14.C4H9NO.C2H6/c1-6-2-3-8-7(4-6)9(10)12-5-11-8;1-7-5-3-2-4-6-7;1-3-6-4-2-5-1;1-2/h2-5H,1H3,(H2,10,11,12);7H,2-6H2,1H3;5H,1-4H2;1-2H3. The first-order chi connectivity index (χ1) is 13.2. The molecular weight excluding hydrogens is 336 g/mol.